The van der Waals surface area contributed by atoms with Crippen molar-refractivity contribution in [2.45, 2.75) is 51.0 Å². The number of amides is 1. The smallest absolute Gasteiger partial charge is 0.248 e. The van der Waals surface area contributed by atoms with Gasteiger partial charge in [0.25, 0.3) is 0 Å². The first-order chi connectivity index (χ1) is 18.0. The maximum Gasteiger partial charge on any atom is 0.248 e. The molecule has 0 saturated carbocycles. The van der Waals surface area contributed by atoms with E-state index in [1.165, 1.54) is 22.5 Å². The van der Waals surface area contributed by atoms with Gasteiger partial charge in [-0.3, -0.25) is 4.79 Å². The number of nitrogens with zero attached hydrogens (tertiary/aromatic N) is 3. The van der Waals surface area contributed by atoms with Crippen LogP contribution in [0.1, 0.15) is 47.2 Å². The minimum Gasteiger partial charge on any atom is -0.497 e. The lowest BCUT2D eigenvalue weighted by atomic mass is 9.95. The molecule has 1 aliphatic rings. The zero-order valence-electron chi connectivity index (χ0n) is 23.9. The maximum atomic E-state index is 13.2. The molecule has 2 aromatic rings. The third-order valence-electron chi connectivity index (χ3n) is 7.50. The van der Waals surface area contributed by atoms with Crippen molar-refractivity contribution in [3.63, 3.8) is 0 Å². The zero-order chi connectivity index (χ0) is 28.0. The van der Waals surface area contributed by atoms with Gasteiger partial charge in [-0.15, -0.1) is 0 Å². The normalized spacial score (nSPS) is 15.2. The van der Waals surface area contributed by atoms with E-state index < -0.39 is 10.0 Å². The van der Waals surface area contributed by atoms with Crippen molar-refractivity contribution >= 4 is 15.9 Å². The average Bonchev–Trinajstić information content (AvgIpc) is 3.07. The predicted molar refractivity (Wildman–Crippen MR) is 150 cm³/mol. The van der Waals surface area contributed by atoms with E-state index in [-0.39, 0.29) is 36.6 Å². The van der Waals surface area contributed by atoms with E-state index in [2.05, 4.69) is 37.1 Å². The molecule has 0 radical (unpaired) electrons. The highest BCUT2D eigenvalue weighted by molar-refractivity contribution is 7.89. The average molecular weight is 546 g/mol. The number of rotatable bonds is 11. The van der Waals surface area contributed by atoms with E-state index in [0.717, 1.165) is 37.9 Å². The molecule has 1 atom stereocenters. The molecule has 0 aliphatic carbocycles. The highest BCUT2D eigenvalue weighted by Gasteiger charge is 2.26. The number of methoxy groups -OCH3 is 1. The summed E-state index contributed by atoms with van der Waals surface area (Å²) in [5.41, 5.74) is 5.16. The van der Waals surface area contributed by atoms with E-state index in [4.69, 9.17) is 9.47 Å². The van der Waals surface area contributed by atoms with Gasteiger partial charge in [0.2, 0.25) is 15.9 Å². The summed E-state index contributed by atoms with van der Waals surface area (Å²) in [6.07, 6.45) is 2.86. The number of likely N-dealkylation sites (N-methyl/N-ethyl adjacent to an activating group) is 3. The Kier molecular flexibility index (Phi) is 10.3. The molecule has 1 amide bonds. The fourth-order valence-electron chi connectivity index (χ4n) is 5.14. The van der Waals surface area contributed by atoms with Crippen LogP contribution < -0.4 is 4.74 Å². The van der Waals surface area contributed by atoms with Crippen LogP contribution in [-0.4, -0.2) is 89.5 Å². The van der Waals surface area contributed by atoms with E-state index in [0.29, 0.717) is 16.9 Å². The second-order valence-corrected chi connectivity index (χ2v) is 12.2. The number of hydrogen-bond donors (Lipinski definition) is 0. The highest BCUT2D eigenvalue weighted by atomic mass is 32.2. The Morgan fingerprint density at radius 3 is 2.29 bits per heavy atom. The summed E-state index contributed by atoms with van der Waals surface area (Å²) in [5.74, 6) is 0.496. The van der Waals surface area contributed by atoms with Gasteiger partial charge in [0.05, 0.1) is 24.7 Å². The summed E-state index contributed by atoms with van der Waals surface area (Å²) in [6, 6.07) is 10.0. The lowest BCUT2D eigenvalue weighted by Crippen LogP contribution is -2.35. The molecule has 1 heterocycles. The second-order valence-electron chi connectivity index (χ2n) is 10.2. The minimum absolute atomic E-state index is 0.0403. The van der Waals surface area contributed by atoms with E-state index in [1.54, 1.807) is 38.0 Å². The van der Waals surface area contributed by atoms with E-state index in [1.807, 2.05) is 7.05 Å². The quantitative estimate of drug-likeness (QED) is 0.402. The van der Waals surface area contributed by atoms with E-state index >= 15 is 0 Å². The number of benzene rings is 2. The third-order valence-corrected chi connectivity index (χ3v) is 9.67. The Morgan fingerprint density at radius 1 is 1.05 bits per heavy atom. The van der Waals surface area contributed by atoms with Crippen LogP contribution in [0, 0.1) is 13.8 Å². The first kappa shape index (κ1) is 30.1. The summed E-state index contributed by atoms with van der Waals surface area (Å²) in [6.45, 7) is 7.86. The summed E-state index contributed by atoms with van der Waals surface area (Å²) in [7, 11) is 3.34. The minimum atomic E-state index is -3.71. The van der Waals surface area contributed by atoms with Crippen LogP contribution in [0.5, 0.6) is 5.75 Å². The van der Waals surface area contributed by atoms with Crippen molar-refractivity contribution in [3.05, 3.63) is 58.1 Å². The predicted octanol–water partition coefficient (Wildman–Crippen LogP) is 3.59. The Morgan fingerprint density at radius 2 is 1.68 bits per heavy atom. The lowest BCUT2D eigenvalue weighted by molar-refractivity contribution is -0.137. The molecule has 0 saturated heterocycles. The van der Waals surface area contributed by atoms with Crippen molar-refractivity contribution in [3.8, 4) is 5.75 Å². The Hall–Kier alpha value is -2.46. The topological polar surface area (TPSA) is 79.4 Å². The largest absolute Gasteiger partial charge is 0.497 e. The number of carbonyl (C=O) groups is 1. The van der Waals surface area contributed by atoms with Gasteiger partial charge >= 0.3 is 0 Å². The lowest BCUT2D eigenvalue weighted by Gasteiger charge is -2.28. The summed E-state index contributed by atoms with van der Waals surface area (Å²) in [5, 5.41) is 0. The Labute approximate surface area is 228 Å². The molecule has 0 fully saturated rings. The fraction of sp³-hybridized carbons (Fsp3) is 0.552. The van der Waals surface area contributed by atoms with Crippen LogP contribution in [0.3, 0.4) is 0 Å². The van der Waals surface area contributed by atoms with Gasteiger partial charge < -0.3 is 19.3 Å². The van der Waals surface area contributed by atoms with Crippen molar-refractivity contribution < 1.29 is 22.7 Å². The van der Waals surface area contributed by atoms with Crippen LogP contribution in [0.2, 0.25) is 0 Å². The number of fused-ring (bicyclic) bond motifs is 1. The zero-order valence-corrected chi connectivity index (χ0v) is 24.7. The van der Waals surface area contributed by atoms with Gasteiger partial charge in [-0.2, -0.15) is 4.31 Å². The number of carbonyl (C=O) groups excluding carboxylic acids is 1. The first-order valence-electron chi connectivity index (χ1n) is 13.2. The van der Waals surface area contributed by atoms with Gasteiger partial charge in [0.15, 0.2) is 0 Å². The molecule has 1 aliphatic heterocycles. The Balaban J connectivity index is 1.57. The molecule has 8 nitrogen and oxygen atoms in total. The molecule has 0 N–H and O–H groups in total. The molecule has 210 valence electrons. The number of hydrogen-bond acceptors (Lipinski definition) is 6. The molecule has 3 rings (SSSR count). The van der Waals surface area contributed by atoms with Crippen molar-refractivity contribution in [1.82, 2.24) is 14.1 Å². The molecule has 1 unspecified atom stereocenters. The maximum absolute atomic E-state index is 13.2. The summed E-state index contributed by atoms with van der Waals surface area (Å²) < 4.78 is 38.5. The molecule has 0 aromatic heterocycles. The van der Waals surface area contributed by atoms with Gasteiger partial charge in [-0.25, -0.2) is 8.42 Å². The first-order valence-corrected chi connectivity index (χ1v) is 14.7. The number of ether oxygens (including phenoxy) is 2. The van der Waals surface area contributed by atoms with Crippen LogP contribution >= 0.6 is 0 Å². The van der Waals surface area contributed by atoms with Crippen molar-refractivity contribution in [1.29, 1.82) is 0 Å². The van der Waals surface area contributed by atoms with E-state index in [9.17, 15) is 13.2 Å². The van der Waals surface area contributed by atoms with Crippen LogP contribution in [-0.2, 0) is 32.4 Å². The van der Waals surface area contributed by atoms with Gasteiger partial charge in [0, 0.05) is 33.7 Å². The fourth-order valence-corrected chi connectivity index (χ4v) is 6.70. The molecule has 9 heteroatoms. The standard InChI is InChI=1S/C29H43N3O5S/c1-8-27(25-10-9-23-11-13-30(4)14-12-24(23)19-25)32(6)28(33)20-37-16-15-31(5)38(34,35)29-21(2)17-26(36-7)18-22(29)3/h9-10,17-19,27H,8,11-16,20H2,1-7H3. The molecule has 0 spiro atoms. The van der Waals surface area contributed by atoms with Gasteiger partial charge in [-0.1, -0.05) is 25.1 Å². The number of aryl methyl sites for hydroxylation is 2. The molecule has 0 bridgehead atoms. The van der Waals surface area contributed by atoms with Gasteiger partial charge in [-0.05, 0) is 80.1 Å². The van der Waals surface area contributed by atoms with Crippen molar-refractivity contribution in [2.24, 2.45) is 0 Å². The monoisotopic (exact) mass is 545 g/mol. The molecular formula is C29H43N3O5S. The third kappa shape index (κ3) is 6.94. The Bertz CT molecular complexity index is 1210. The number of sulfonamides is 1. The summed E-state index contributed by atoms with van der Waals surface area (Å²) in [4.78, 5) is 17.3. The molecule has 2 aromatic carbocycles. The van der Waals surface area contributed by atoms with Crippen molar-refractivity contribution in [2.75, 3.05) is 61.1 Å². The van der Waals surface area contributed by atoms with Crippen LogP contribution in [0.15, 0.2) is 35.2 Å². The second kappa shape index (κ2) is 13.1. The SMILES string of the molecule is CCC(c1ccc2c(c1)CCN(C)CC2)N(C)C(=O)COCCN(C)S(=O)(=O)c1c(C)cc(OC)cc1C. The molecular weight excluding hydrogens is 502 g/mol. The van der Waals surface area contributed by atoms with Gasteiger partial charge in [0.1, 0.15) is 12.4 Å². The van der Waals surface area contributed by atoms with Crippen LogP contribution in [0.4, 0.5) is 0 Å². The highest BCUT2D eigenvalue weighted by Crippen LogP contribution is 2.28. The molecule has 38 heavy (non-hydrogen) atoms. The van der Waals surface area contributed by atoms with Crippen LogP contribution in [0.25, 0.3) is 0 Å². The summed E-state index contributed by atoms with van der Waals surface area (Å²) >= 11 is 0.